The Labute approximate surface area is 147 Å². The molecule has 0 bridgehead atoms. The van der Waals surface area contributed by atoms with Gasteiger partial charge in [0.2, 0.25) is 5.91 Å². The Hall–Kier alpha value is -2.89. The van der Waals surface area contributed by atoms with Gasteiger partial charge in [0.1, 0.15) is 0 Å². The number of nitrogens with one attached hydrogen (secondary N) is 1. The number of nitrogens with zero attached hydrogens (tertiary/aromatic N) is 3. The molecule has 1 aliphatic heterocycles. The molecule has 6 nitrogen and oxygen atoms in total. The number of anilines is 2. The lowest BCUT2D eigenvalue weighted by Crippen LogP contribution is -2.35. The summed E-state index contributed by atoms with van der Waals surface area (Å²) < 4.78 is 1.83. The Morgan fingerprint density at radius 1 is 1.40 bits per heavy atom. The van der Waals surface area contributed by atoms with E-state index in [4.69, 9.17) is 0 Å². The zero-order valence-corrected chi connectivity index (χ0v) is 14.6. The zero-order valence-electron chi connectivity index (χ0n) is 14.6. The first kappa shape index (κ1) is 17.0. The van der Waals surface area contributed by atoms with Crippen LogP contribution in [0.1, 0.15) is 35.0 Å². The molecule has 0 unspecified atom stereocenters. The van der Waals surface area contributed by atoms with Crippen molar-refractivity contribution in [1.29, 1.82) is 0 Å². The van der Waals surface area contributed by atoms with Crippen LogP contribution in [0.5, 0.6) is 0 Å². The summed E-state index contributed by atoms with van der Waals surface area (Å²) in [7, 11) is 0. The van der Waals surface area contributed by atoms with Gasteiger partial charge in [0.05, 0.1) is 17.6 Å². The lowest BCUT2D eigenvalue weighted by molar-refractivity contribution is -0.114. The lowest BCUT2D eigenvalue weighted by atomic mass is 9.95. The van der Waals surface area contributed by atoms with Crippen molar-refractivity contribution in [3.05, 3.63) is 53.9 Å². The summed E-state index contributed by atoms with van der Waals surface area (Å²) >= 11 is 0. The molecule has 3 rings (SSSR count). The van der Waals surface area contributed by atoms with E-state index in [1.165, 1.54) is 6.08 Å². The largest absolute Gasteiger partial charge is 0.319 e. The smallest absolute Gasteiger partial charge is 0.256 e. The van der Waals surface area contributed by atoms with Crippen LogP contribution in [0, 0.1) is 6.92 Å². The Balaban J connectivity index is 1.92. The summed E-state index contributed by atoms with van der Waals surface area (Å²) in [5.74, 6) is -0.318. The van der Waals surface area contributed by atoms with Crippen LogP contribution in [-0.2, 0) is 17.8 Å². The fraction of sp³-hybridized carbons (Fsp3) is 0.316. The fourth-order valence-electron chi connectivity index (χ4n) is 3.25. The molecular weight excluding hydrogens is 316 g/mol. The van der Waals surface area contributed by atoms with Crippen LogP contribution in [0.15, 0.2) is 37.1 Å². The third kappa shape index (κ3) is 3.07. The topological polar surface area (TPSA) is 67.2 Å². The van der Waals surface area contributed by atoms with E-state index in [1.54, 1.807) is 17.2 Å². The summed E-state index contributed by atoms with van der Waals surface area (Å²) in [5, 5.41) is 7.20. The molecule has 1 N–H and O–H groups in total. The first-order valence-corrected chi connectivity index (χ1v) is 8.46. The number of hydrogen-bond acceptors (Lipinski definition) is 3. The summed E-state index contributed by atoms with van der Waals surface area (Å²) in [6.07, 6.45) is 4.57. The van der Waals surface area contributed by atoms with Crippen molar-refractivity contribution < 1.29 is 9.59 Å². The summed E-state index contributed by atoms with van der Waals surface area (Å²) in [4.78, 5) is 26.6. The van der Waals surface area contributed by atoms with Crippen molar-refractivity contribution in [3.8, 4) is 0 Å². The second-order valence-corrected chi connectivity index (χ2v) is 6.01. The molecule has 6 heteroatoms. The van der Waals surface area contributed by atoms with Crippen molar-refractivity contribution in [2.45, 2.75) is 33.2 Å². The summed E-state index contributed by atoms with van der Waals surface area (Å²) in [6.45, 7) is 8.89. The van der Waals surface area contributed by atoms with Crippen molar-refractivity contribution in [2.75, 3.05) is 16.8 Å². The number of amides is 2. The van der Waals surface area contributed by atoms with Crippen LogP contribution < -0.4 is 10.2 Å². The Morgan fingerprint density at radius 3 is 2.88 bits per heavy atom. The Morgan fingerprint density at radius 2 is 2.20 bits per heavy atom. The molecule has 2 aromatic rings. The van der Waals surface area contributed by atoms with Gasteiger partial charge in [-0.2, -0.15) is 5.10 Å². The van der Waals surface area contributed by atoms with Crippen LogP contribution in [-0.4, -0.2) is 28.1 Å². The molecular formula is C19H22N4O2. The molecule has 1 aromatic heterocycles. The van der Waals surface area contributed by atoms with Gasteiger partial charge in [-0.3, -0.25) is 14.3 Å². The van der Waals surface area contributed by atoms with Gasteiger partial charge < -0.3 is 10.2 Å². The first-order chi connectivity index (χ1) is 12.1. The predicted molar refractivity (Wildman–Crippen MR) is 97.9 cm³/mol. The molecule has 0 atom stereocenters. The highest BCUT2D eigenvalue weighted by Crippen LogP contribution is 2.30. The average molecular weight is 338 g/mol. The minimum Gasteiger partial charge on any atom is -0.319 e. The molecule has 2 heterocycles. The number of rotatable bonds is 4. The van der Waals surface area contributed by atoms with E-state index in [0.717, 1.165) is 36.3 Å². The lowest BCUT2D eigenvalue weighted by Gasteiger charge is -2.29. The molecule has 2 amide bonds. The van der Waals surface area contributed by atoms with Crippen LogP contribution in [0.3, 0.4) is 0 Å². The van der Waals surface area contributed by atoms with E-state index in [9.17, 15) is 9.59 Å². The zero-order chi connectivity index (χ0) is 18.0. The molecule has 1 aromatic carbocycles. The van der Waals surface area contributed by atoms with Gasteiger partial charge in [0.25, 0.3) is 5.91 Å². The van der Waals surface area contributed by atoms with Gasteiger partial charge >= 0.3 is 0 Å². The highest BCUT2D eigenvalue weighted by molar-refractivity contribution is 6.08. The normalized spacial score (nSPS) is 13.3. The van der Waals surface area contributed by atoms with Crippen molar-refractivity contribution in [3.63, 3.8) is 0 Å². The van der Waals surface area contributed by atoms with Crippen LogP contribution in [0.2, 0.25) is 0 Å². The Bertz CT molecular complexity index is 838. The maximum Gasteiger partial charge on any atom is 0.256 e. The van der Waals surface area contributed by atoms with Gasteiger partial charge in [0, 0.05) is 24.3 Å². The quantitative estimate of drug-likeness (QED) is 0.872. The third-order valence-corrected chi connectivity index (χ3v) is 4.59. The minimum atomic E-state index is -0.177. The second kappa shape index (κ2) is 6.93. The molecule has 0 radical (unpaired) electrons. The number of carbonyl (C=O) groups excluding carboxylic acids is 2. The first-order valence-electron chi connectivity index (χ1n) is 8.46. The number of hydrogen-bond donors (Lipinski definition) is 1. The molecule has 0 spiro atoms. The van der Waals surface area contributed by atoms with E-state index < -0.39 is 0 Å². The molecule has 0 aliphatic carbocycles. The van der Waals surface area contributed by atoms with Crippen molar-refractivity contribution >= 4 is 23.2 Å². The molecule has 0 saturated carbocycles. The predicted octanol–water partition coefficient (Wildman–Crippen LogP) is 2.93. The van der Waals surface area contributed by atoms with E-state index in [2.05, 4.69) is 17.0 Å². The Kier molecular flexibility index (Phi) is 4.70. The van der Waals surface area contributed by atoms with Gasteiger partial charge in [-0.25, -0.2) is 0 Å². The van der Waals surface area contributed by atoms with Crippen LogP contribution in [0.25, 0.3) is 0 Å². The molecule has 1 aliphatic rings. The molecule has 25 heavy (non-hydrogen) atoms. The number of carbonyl (C=O) groups is 2. The second-order valence-electron chi connectivity index (χ2n) is 6.01. The van der Waals surface area contributed by atoms with E-state index in [1.807, 2.05) is 30.7 Å². The number of aromatic nitrogens is 2. The van der Waals surface area contributed by atoms with Gasteiger partial charge in [0.15, 0.2) is 0 Å². The fourth-order valence-corrected chi connectivity index (χ4v) is 3.25. The van der Waals surface area contributed by atoms with Crippen molar-refractivity contribution in [1.82, 2.24) is 9.78 Å². The number of benzene rings is 1. The molecule has 0 saturated heterocycles. The number of aryl methyl sites for hydroxylation is 1. The monoisotopic (exact) mass is 338 g/mol. The van der Waals surface area contributed by atoms with Crippen molar-refractivity contribution in [2.24, 2.45) is 0 Å². The minimum absolute atomic E-state index is 0.140. The highest BCUT2D eigenvalue weighted by Gasteiger charge is 2.25. The van der Waals surface area contributed by atoms with Gasteiger partial charge in [-0.15, -0.1) is 0 Å². The summed E-state index contributed by atoms with van der Waals surface area (Å²) in [6, 6.07) is 5.49. The van der Waals surface area contributed by atoms with Crippen LogP contribution in [0.4, 0.5) is 11.4 Å². The SMILES string of the molecule is C=CC(=O)N1CCCc2c(C(=O)Nc3cnn(CC)c3C)cccc21. The number of fused-ring (bicyclic) bond motifs is 1. The maximum absolute atomic E-state index is 12.8. The summed E-state index contributed by atoms with van der Waals surface area (Å²) in [5.41, 5.74) is 3.93. The van der Waals surface area contributed by atoms with Gasteiger partial charge in [-0.1, -0.05) is 12.6 Å². The molecule has 130 valence electrons. The van der Waals surface area contributed by atoms with Gasteiger partial charge in [-0.05, 0) is 50.5 Å². The van der Waals surface area contributed by atoms with E-state index in [-0.39, 0.29) is 11.8 Å². The van der Waals surface area contributed by atoms with E-state index >= 15 is 0 Å². The average Bonchev–Trinajstić information content (AvgIpc) is 2.99. The standard InChI is InChI=1S/C19H22N4O2/c1-4-18(24)22-11-7-9-14-15(8-6-10-17(14)22)19(25)21-16-12-20-23(5-2)13(16)3/h4,6,8,10,12H,1,5,7,9,11H2,2-3H3,(H,21,25). The maximum atomic E-state index is 12.8. The highest BCUT2D eigenvalue weighted by atomic mass is 16.2. The van der Waals surface area contributed by atoms with Crippen LogP contribution >= 0.6 is 0 Å². The third-order valence-electron chi connectivity index (χ3n) is 4.59. The van der Waals surface area contributed by atoms with E-state index in [0.29, 0.717) is 17.8 Å². The molecule has 0 fully saturated rings.